The van der Waals surface area contributed by atoms with Crippen molar-refractivity contribution >= 4 is 28.6 Å². The molecule has 6 heteroatoms. The van der Waals surface area contributed by atoms with Crippen molar-refractivity contribution in [3.05, 3.63) is 45.1 Å². The Hall–Kier alpha value is -1.89. The van der Waals surface area contributed by atoms with E-state index in [1.54, 1.807) is 11.3 Å². The fourth-order valence-corrected chi connectivity index (χ4v) is 5.01. The highest BCUT2D eigenvalue weighted by atomic mass is 32.1. The predicted octanol–water partition coefficient (Wildman–Crippen LogP) is 3.91. The third-order valence-electron chi connectivity index (χ3n) is 5.58. The first-order chi connectivity index (χ1) is 13.5. The topological polar surface area (TPSA) is 44.8 Å². The SMILES string of the molecule is Cc1cc(NC(=O)c2cc3c(s2)CCOC3)cc(N2CCN(C(C)C)CC2)c1. The molecule has 1 saturated heterocycles. The minimum Gasteiger partial charge on any atom is -0.376 e. The number of benzene rings is 1. The lowest BCUT2D eigenvalue weighted by Crippen LogP contribution is -2.48. The molecule has 1 amide bonds. The molecule has 5 nitrogen and oxygen atoms in total. The fraction of sp³-hybridized carbons (Fsp3) is 0.500. The molecule has 150 valence electrons. The predicted molar refractivity (Wildman–Crippen MR) is 116 cm³/mol. The molecule has 4 rings (SSSR count). The second kappa shape index (κ2) is 8.23. The van der Waals surface area contributed by atoms with Crippen LogP contribution in [-0.2, 0) is 17.8 Å². The van der Waals surface area contributed by atoms with Crippen molar-refractivity contribution < 1.29 is 9.53 Å². The van der Waals surface area contributed by atoms with Crippen LogP contribution in [0.25, 0.3) is 0 Å². The van der Waals surface area contributed by atoms with Crippen LogP contribution >= 0.6 is 11.3 Å². The monoisotopic (exact) mass is 399 g/mol. The number of aryl methyl sites for hydroxylation is 1. The van der Waals surface area contributed by atoms with Gasteiger partial charge >= 0.3 is 0 Å². The summed E-state index contributed by atoms with van der Waals surface area (Å²) in [4.78, 5) is 19.8. The Morgan fingerprint density at radius 2 is 1.93 bits per heavy atom. The summed E-state index contributed by atoms with van der Waals surface area (Å²) in [7, 11) is 0. The lowest BCUT2D eigenvalue weighted by Gasteiger charge is -2.38. The van der Waals surface area contributed by atoms with Crippen LogP contribution in [0.1, 0.15) is 39.5 Å². The van der Waals surface area contributed by atoms with E-state index >= 15 is 0 Å². The van der Waals surface area contributed by atoms with Crippen LogP contribution in [0.2, 0.25) is 0 Å². The fourth-order valence-electron chi connectivity index (χ4n) is 3.97. The van der Waals surface area contributed by atoms with Crippen LogP contribution in [0.5, 0.6) is 0 Å². The van der Waals surface area contributed by atoms with Crippen LogP contribution in [-0.4, -0.2) is 49.6 Å². The Kier molecular flexibility index (Phi) is 5.71. The molecule has 0 radical (unpaired) electrons. The van der Waals surface area contributed by atoms with E-state index in [0.29, 0.717) is 12.6 Å². The third-order valence-corrected chi connectivity index (χ3v) is 6.82. The molecule has 2 aliphatic heterocycles. The number of piperazine rings is 1. The van der Waals surface area contributed by atoms with Gasteiger partial charge in [0.15, 0.2) is 0 Å². The van der Waals surface area contributed by atoms with Gasteiger partial charge in [0.2, 0.25) is 0 Å². The maximum atomic E-state index is 12.8. The molecule has 1 fully saturated rings. The average molecular weight is 400 g/mol. The zero-order valence-electron chi connectivity index (χ0n) is 17.0. The number of carbonyl (C=O) groups excluding carboxylic acids is 1. The second-order valence-electron chi connectivity index (χ2n) is 7.99. The standard InChI is InChI=1S/C22H29N3O2S/c1-15(2)24-5-7-25(8-6-24)19-11-16(3)10-18(13-19)23-22(26)21-12-17-14-27-9-4-20(17)28-21/h10-13,15H,4-9,14H2,1-3H3,(H,23,26). The largest absolute Gasteiger partial charge is 0.376 e. The number of nitrogens with zero attached hydrogens (tertiary/aromatic N) is 2. The van der Waals surface area contributed by atoms with E-state index in [2.05, 4.69) is 48.0 Å². The smallest absolute Gasteiger partial charge is 0.265 e. The number of carbonyl (C=O) groups is 1. The second-order valence-corrected chi connectivity index (χ2v) is 9.13. The number of hydrogen-bond donors (Lipinski definition) is 1. The highest BCUT2D eigenvalue weighted by molar-refractivity contribution is 7.14. The molecule has 0 bridgehead atoms. The van der Waals surface area contributed by atoms with Gasteiger partial charge in [-0.05, 0) is 56.2 Å². The van der Waals surface area contributed by atoms with Crippen molar-refractivity contribution in [2.24, 2.45) is 0 Å². The Bertz CT molecular complexity index is 830. The summed E-state index contributed by atoms with van der Waals surface area (Å²) in [5, 5.41) is 3.11. The number of hydrogen-bond acceptors (Lipinski definition) is 5. The lowest BCUT2D eigenvalue weighted by molar-refractivity contribution is 0.102. The van der Waals surface area contributed by atoms with Crippen molar-refractivity contribution in [2.75, 3.05) is 43.0 Å². The molecule has 2 aromatic rings. The third kappa shape index (κ3) is 4.24. The number of nitrogens with one attached hydrogen (secondary N) is 1. The number of rotatable bonds is 4. The van der Waals surface area contributed by atoms with Gasteiger partial charge in [-0.25, -0.2) is 0 Å². The molecular weight excluding hydrogens is 370 g/mol. The number of thiophene rings is 1. The summed E-state index contributed by atoms with van der Waals surface area (Å²) in [5.74, 6) is -0.0272. The molecule has 0 atom stereocenters. The first-order valence-electron chi connectivity index (χ1n) is 10.1. The van der Waals surface area contributed by atoms with Crippen molar-refractivity contribution in [3.8, 4) is 0 Å². The van der Waals surface area contributed by atoms with Crippen molar-refractivity contribution in [1.82, 2.24) is 4.90 Å². The van der Waals surface area contributed by atoms with Gasteiger partial charge in [0.25, 0.3) is 5.91 Å². The summed E-state index contributed by atoms with van der Waals surface area (Å²) >= 11 is 1.59. The van der Waals surface area contributed by atoms with Crippen LogP contribution in [0, 0.1) is 6.92 Å². The van der Waals surface area contributed by atoms with Gasteiger partial charge in [-0.2, -0.15) is 0 Å². The maximum Gasteiger partial charge on any atom is 0.265 e. The van der Waals surface area contributed by atoms with Crippen LogP contribution in [0.3, 0.4) is 0 Å². The minimum absolute atomic E-state index is 0.0272. The van der Waals surface area contributed by atoms with E-state index in [1.807, 2.05) is 12.1 Å². The molecule has 1 aromatic heterocycles. The Balaban J connectivity index is 1.46. The minimum atomic E-state index is -0.0272. The molecule has 0 unspecified atom stereocenters. The lowest BCUT2D eigenvalue weighted by atomic mass is 10.1. The number of anilines is 2. The first-order valence-corrected chi connectivity index (χ1v) is 10.9. The summed E-state index contributed by atoms with van der Waals surface area (Å²) in [5.41, 5.74) is 4.39. The van der Waals surface area contributed by atoms with E-state index in [4.69, 9.17) is 4.74 Å². The average Bonchev–Trinajstić information content (AvgIpc) is 3.12. The summed E-state index contributed by atoms with van der Waals surface area (Å²) in [6.45, 7) is 12.2. The first kappa shape index (κ1) is 19.4. The van der Waals surface area contributed by atoms with Gasteiger partial charge in [0, 0.05) is 54.9 Å². The summed E-state index contributed by atoms with van der Waals surface area (Å²) in [6.07, 6.45) is 0.907. The van der Waals surface area contributed by atoms with Gasteiger partial charge in [-0.1, -0.05) is 0 Å². The molecule has 1 N–H and O–H groups in total. The maximum absolute atomic E-state index is 12.8. The van der Waals surface area contributed by atoms with Gasteiger partial charge in [0.1, 0.15) is 0 Å². The number of fused-ring (bicyclic) bond motifs is 1. The Morgan fingerprint density at radius 1 is 1.14 bits per heavy atom. The van der Waals surface area contributed by atoms with E-state index < -0.39 is 0 Å². The van der Waals surface area contributed by atoms with Gasteiger partial charge in [-0.15, -0.1) is 11.3 Å². The van der Waals surface area contributed by atoms with E-state index in [0.717, 1.165) is 60.9 Å². The van der Waals surface area contributed by atoms with Crippen LogP contribution < -0.4 is 10.2 Å². The van der Waals surface area contributed by atoms with Gasteiger partial charge in [-0.3, -0.25) is 9.69 Å². The summed E-state index contributed by atoms with van der Waals surface area (Å²) < 4.78 is 5.49. The molecule has 28 heavy (non-hydrogen) atoms. The zero-order valence-corrected chi connectivity index (χ0v) is 17.8. The molecule has 0 spiro atoms. The molecule has 2 aliphatic rings. The highest BCUT2D eigenvalue weighted by Crippen LogP contribution is 2.29. The normalized spacial score (nSPS) is 17.6. The molecule has 0 aliphatic carbocycles. The quantitative estimate of drug-likeness (QED) is 0.847. The zero-order chi connectivity index (χ0) is 19.7. The van der Waals surface area contributed by atoms with Crippen LogP contribution in [0.4, 0.5) is 11.4 Å². The molecule has 0 saturated carbocycles. The van der Waals surface area contributed by atoms with Crippen molar-refractivity contribution in [2.45, 2.75) is 39.8 Å². The number of amides is 1. The Labute approximate surface area is 171 Å². The van der Waals surface area contributed by atoms with E-state index in [9.17, 15) is 4.79 Å². The Morgan fingerprint density at radius 3 is 2.64 bits per heavy atom. The van der Waals surface area contributed by atoms with Crippen molar-refractivity contribution in [3.63, 3.8) is 0 Å². The van der Waals surface area contributed by atoms with Gasteiger partial charge in [0.05, 0.1) is 18.1 Å². The molecule has 1 aromatic carbocycles. The van der Waals surface area contributed by atoms with Crippen LogP contribution in [0.15, 0.2) is 24.3 Å². The number of ether oxygens (including phenoxy) is 1. The molecule has 3 heterocycles. The van der Waals surface area contributed by atoms with Crippen molar-refractivity contribution in [1.29, 1.82) is 0 Å². The highest BCUT2D eigenvalue weighted by Gasteiger charge is 2.21. The van der Waals surface area contributed by atoms with E-state index in [-0.39, 0.29) is 5.91 Å². The summed E-state index contributed by atoms with van der Waals surface area (Å²) in [6, 6.07) is 8.93. The molecular formula is C22H29N3O2S. The van der Waals surface area contributed by atoms with E-state index in [1.165, 1.54) is 10.6 Å². The van der Waals surface area contributed by atoms with Gasteiger partial charge < -0.3 is 15.0 Å².